The lowest BCUT2D eigenvalue weighted by molar-refractivity contribution is -0.384. The predicted molar refractivity (Wildman–Crippen MR) is 116 cm³/mol. The smallest absolute Gasteiger partial charge is 0.363 e. The maximum Gasteiger partial charge on any atom is 0.363 e. The van der Waals surface area contributed by atoms with Crippen LogP contribution < -0.4 is 4.74 Å². The summed E-state index contributed by atoms with van der Waals surface area (Å²) in [4.78, 5) is 38.2. The van der Waals surface area contributed by atoms with Crippen molar-refractivity contribution in [3.63, 3.8) is 0 Å². The van der Waals surface area contributed by atoms with Gasteiger partial charge in [-0.05, 0) is 61.7 Å². The Kier molecular flexibility index (Phi) is 6.69. The van der Waals surface area contributed by atoms with Crippen molar-refractivity contribution in [2.45, 2.75) is 13.3 Å². The molecule has 0 amide bonds. The van der Waals surface area contributed by atoms with Crippen LogP contribution in [0.3, 0.4) is 0 Å². The molecular weight excluding hydrogens is 547 g/mol. The van der Waals surface area contributed by atoms with Gasteiger partial charge in [-0.15, -0.1) is 0 Å². The number of hydrogen-bond donors (Lipinski definition) is 0. The molecule has 0 atom stereocenters. The summed E-state index contributed by atoms with van der Waals surface area (Å²) >= 11 is 12.7. The van der Waals surface area contributed by atoms with Crippen LogP contribution in [-0.4, -0.2) is 22.8 Å². The molecule has 0 unspecified atom stereocenters. The molecule has 0 aromatic heterocycles. The maximum absolute atomic E-state index is 12.2. The number of aliphatic imine (C=N–C) groups is 1. The van der Waals surface area contributed by atoms with Crippen LogP contribution in [0, 0.1) is 10.1 Å². The number of cyclic esters (lactones) is 1. The molecule has 2 aromatic rings. The van der Waals surface area contributed by atoms with Gasteiger partial charge in [-0.2, -0.15) is 0 Å². The number of non-ortho nitro benzene ring substituents is 1. The maximum atomic E-state index is 12.2. The average molecular weight is 559 g/mol. The molecular formula is C19H11Br2ClN2O6. The number of benzene rings is 2. The third-order valence-electron chi connectivity index (χ3n) is 3.84. The van der Waals surface area contributed by atoms with Gasteiger partial charge < -0.3 is 9.47 Å². The van der Waals surface area contributed by atoms with Crippen LogP contribution in [0.1, 0.15) is 24.5 Å². The summed E-state index contributed by atoms with van der Waals surface area (Å²) in [7, 11) is 0. The average Bonchev–Trinajstić information content (AvgIpc) is 3.04. The second kappa shape index (κ2) is 9.07. The lowest BCUT2D eigenvalue weighted by Gasteiger charge is -2.09. The molecule has 1 aliphatic heterocycles. The number of carbonyl (C=O) groups is 2. The van der Waals surface area contributed by atoms with Crippen LogP contribution >= 0.6 is 43.5 Å². The third-order valence-corrected chi connectivity index (χ3v) is 5.33. The van der Waals surface area contributed by atoms with E-state index in [1.807, 2.05) is 0 Å². The van der Waals surface area contributed by atoms with Gasteiger partial charge in [-0.1, -0.05) is 18.5 Å². The van der Waals surface area contributed by atoms with E-state index in [0.717, 1.165) is 6.07 Å². The normalized spacial score (nSPS) is 14.5. The van der Waals surface area contributed by atoms with Crippen molar-refractivity contribution < 1.29 is 24.0 Å². The fourth-order valence-electron chi connectivity index (χ4n) is 2.42. The summed E-state index contributed by atoms with van der Waals surface area (Å²) in [5.41, 5.74) is 0.652. The first-order chi connectivity index (χ1) is 14.2. The Labute approximate surface area is 191 Å². The van der Waals surface area contributed by atoms with E-state index in [1.54, 1.807) is 19.1 Å². The summed E-state index contributed by atoms with van der Waals surface area (Å²) in [5, 5.41) is 10.9. The molecule has 1 aliphatic rings. The van der Waals surface area contributed by atoms with Crippen LogP contribution in [0.5, 0.6) is 5.75 Å². The largest absolute Gasteiger partial charge is 0.424 e. The van der Waals surface area contributed by atoms with Gasteiger partial charge in [0.2, 0.25) is 5.90 Å². The van der Waals surface area contributed by atoms with Crippen LogP contribution in [0.25, 0.3) is 6.08 Å². The van der Waals surface area contributed by atoms with E-state index in [4.69, 9.17) is 21.1 Å². The topological polar surface area (TPSA) is 108 Å². The highest BCUT2D eigenvalue weighted by atomic mass is 79.9. The Hall–Kier alpha value is -2.56. The number of esters is 2. The molecule has 0 saturated heterocycles. The first-order valence-corrected chi connectivity index (χ1v) is 10.3. The monoisotopic (exact) mass is 556 g/mol. The SMILES string of the molecule is CCC(=O)Oc1c(Br)cc(/C=C2\N=C(c3ccc([N+](=O)[O-])cc3Cl)OC2=O)cc1Br. The standard InChI is InChI=1S/C19H11Br2ClN2O6/c1-2-16(25)29-17-12(20)5-9(6-13(17)21)7-15-19(26)30-18(23-15)11-4-3-10(24(27)28)8-14(11)22/h3-8H,2H2,1H3/b15-7-. The zero-order valence-corrected chi connectivity index (χ0v) is 19.1. The van der Waals surface area contributed by atoms with E-state index in [2.05, 4.69) is 36.9 Å². The summed E-state index contributed by atoms with van der Waals surface area (Å²) in [6, 6.07) is 7.05. The molecule has 11 heteroatoms. The number of hydrogen-bond acceptors (Lipinski definition) is 7. The highest BCUT2D eigenvalue weighted by Gasteiger charge is 2.26. The van der Waals surface area contributed by atoms with Crippen molar-refractivity contribution >= 4 is 73.1 Å². The Balaban J connectivity index is 1.93. The molecule has 3 rings (SSSR count). The minimum Gasteiger partial charge on any atom is -0.424 e. The molecule has 8 nitrogen and oxygen atoms in total. The lowest BCUT2D eigenvalue weighted by Crippen LogP contribution is -2.07. The second-order valence-electron chi connectivity index (χ2n) is 5.90. The highest BCUT2D eigenvalue weighted by molar-refractivity contribution is 9.11. The van der Waals surface area contributed by atoms with E-state index in [9.17, 15) is 19.7 Å². The number of rotatable bonds is 5. The van der Waals surface area contributed by atoms with Crippen LogP contribution in [-0.2, 0) is 14.3 Å². The number of carbonyl (C=O) groups excluding carboxylic acids is 2. The Morgan fingerprint density at radius 2 is 1.97 bits per heavy atom. The number of nitrogens with zero attached hydrogens (tertiary/aromatic N) is 2. The first-order valence-electron chi connectivity index (χ1n) is 8.36. The molecule has 0 radical (unpaired) electrons. The van der Waals surface area contributed by atoms with Gasteiger partial charge in [-0.25, -0.2) is 9.79 Å². The first kappa shape index (κ1) is 22.1. The lowest BCUT2D eigenvalue weighted by atomic mass is 10.2. The molecule has 0 spiro atoms. The molecule has 0 fully saturated rings. The zero-order chi connectivity index (χ0) is 22.0. The van der Waals surface area contributed by atoms with E-state index in [-0.39, 0.29) is 34.3 Å². The summed E-state index contributed by atoms with van der Waals surface area (Å²) in [5.74, 6) is -0.832. The van der Waals surface area contributed by atoms with E-state index >= 15 is 0 Å². The Bertz CT molecular complexity index is 1120. The van der Waals surface area contributed by atoms with Crippen LogP contribution in [0.2, 0.25) is 5.02 Å². The predicted octanol–water partition coefficient (Wildman–Crippen LogP) is 5.43. The van der Waals surface area contributed by atoms with Gasteiger partial charge in [0, 0.05) is 18.6 Å². The molecule has 1 heterocycles. The quantitative estimate of drug-likeness (QED) is 0.159. The van der Waals surface area contributed by atoms with Crippen molar-refractivity contribution in [1.82, 2.24) is 0 Å². The van der Waals surface area contributed by atoms with Gasteiger partial charge >= 0.3 is 11.9 Å². The molecule has 0 bridgehead atoms. The fourth-order valence-corrected chi connectivity index (χ4v) is 4.06. The molecule has 154 valence electrons. The van der Waals surface area contributed by atoms with Crippen LogP contribution in [0.15, 0.2) is 50.0 Å². The number of ether oxygens (including phenoxy) is 2. The Morgan fingerprint density at radius 3 is 2.53 bits per heavy atom. The minimum atomic E-state index is -0.701. The van der Waals surface area contributed by atoms with Crippen LogP contribution in [0.4, 0.5) is 5.69 Å². The number of nitro groups is 1. The minimum absolute atomic E-state index is 0.0107. The van der Waals surface area contributed by atoms with E-state index in [0.29, 0.717) is 20.3 Å². The van der Waals surface area contributed by atoms with Crippen molar-refractivity contribution in [1.29, 1.82) is 0 Å². The molecule has 0 N–H and O–H groups in total. The molecule has 0 saturated carbocycles. The summed E-state index contributed by atoms with van der Waals surface area (Å²) in [6.07, 6.45) is 1.70. The summed E-state index contributed by atoms with van der Waals surface area (Å²) in [6.45, 7) is 1.68. The Morgan fingerprint density at radius 1 is 1.30 bits per heavy atom. The highest BCUT2D eigenvalue weighted by Crippen LogP contribution is 2.36. The zero-order valence-electron chi connectivity index (χ0n) is 15.1. The van der Waals surface area contributed by atoms with Gasteiger partial charge in [-0.3, -0.25) is 14.9 Å². The molecule has 30 heavy (non-hydrogen) atoms. The van der Waals surface area contributed by atoms with Crippen molar-refractivity contribution in [2.75, 3.05) is 0 Å². The number of nitro benzene ring substituents is 1. The molecule has 0 aliphatic carbocycles. The van der Waals surface area contributed by atoms with Gasteiger partial charge in [0.05, 0.1) is 24.5 Å². The number of halogens is 3. The third kappa shape index (κ3) is 4.77. The summed E-state index contributed by atoms with van der Waals surface area (Å²) < 4.78 is 11.4. The van der Waals surface area contributed by atoms with Gasteiger partial charge in [0.15, 0.2) is 11.4 Å². The van der Waals surface area contributed by atoms with Gasteiger partial charge in [0.1, 0.15) is 0 Å². The second-order valence-corrected chi connectivity index (χ2v) is 8.01. The van der Waals surface area contributed by atoms with Gasteiger partial charge in [0.25, 0.3) is 5.69 Å². The van der Waals surface area contributed by atoms with Crippen molar-refractivity contribution in [3.05, 3.63) is 71.2 Å². The van der Waals surface area contributed by atoms with Crippen molar-refractivity contribution in [3.8, 4) is 5.75 Å². The molecule has 2 aromatic carbocycles. The fraction of sp³-hybridized carbons (Fsp3) is 0.105. The van der Waals surface area contributed by atoms with E-state index in [1.165, 1.54) is 18.2 Å². The van der Waals surface area contributed by atoms with Crippen molar-refractivity contribution in [2.24, 2.45) is 4.99 Å². The van der Waals surface area contributed by atoms with E-state index < -0.39 is 16.9 Å².